The van der Waals surface area contributed by atoms with Crippen LogP contribution in [0.4, 0.5) is 17.6 Å². The number of benzene rings is 2. The van der Waals surface area contributed by atoms with Crippen molar-refractivity contribution in [3.05, 3.63) is 47.5 Å². The fraction of sp³-hybridized carbons (Fsp3) is 0.417. The van der Waals surface area contributed by atoms with Crippen molar-refractivity contribution >= 4 is 11.9 Å². The maximum atomic E-state index is 14.6. The second kappa shape index (κ2) is 10.3. The monoisotopic (exact) mass is 486 g/mol. The molecule has 0 spiro atoms. The maximum Gasteiger partial charge on any atom is 0.344 e. The van der Waals surface area contributed by atoms with Gasteiger partial charge in [-0.15, -0.1) is 0 Å². The smallest absolute Gasteiger partial charge is 0.344 e. The van der Waals surface area contributed by atoms with Crippen LogP contribution >= 0.6 is 0 Å². The van der Waals surface area contributed by atoms with Gasteiger partial charge in [0.1, 0.15) is 22.8 Å². The number of rotatable bonds is 7. The number of hydrogen-bond acceptors (Lipinski definition) is 6. The summed E-state index contributed by atoms with van der Waals surface area (Å²) < 4.78 is 77.9. The molecule has 0 fully saturated rings. The van der Waals surface area contributed by atoms with Crippen molar-refractivity contribution in [2.45, 2.75) is 52.7 Å². The van der Waals surface area contributed by atoms with E-state index < -0.39 is 82.2 Å². The third-order valence-electron chi connectivity index (χ3n) is 3.82. The highest BCUT2D eigenvalue weighted by atomic mass is 19.1. The summed E-state index contributed by atoms with van der Waals surface area (Å²) in [4.78, 5) is 24.0. The molecular weight excluding hydrogens is 460 g/mol. The van der Waals surface area contributed by atoms with Crippen molar-refractivity contribution in [1.29, 1.82) is 0 Å². The van der Waals surface area contributed by atoms with Crippen LogP contribution in [0.5, 0.6) is 11.5 Å². The molecule has 0 bridgehead atoms. The minimum Gasteiger partial charge on any atom is -0.478 e. The lowest BCUT2D eigenvalue weighted by Gasteiger charge is -2.21. The molecule has 0 unspecified atom stereocenters. The molecule has 0 aliphatic carbocycles. The van der Waals surface area contributed by atoms with Crippen LogP contribution < -0.4 is 9.47 Å². The molecule has 2 rings (SSSR count). The summed E-state index contributed by atoms with van der Waals surface area (Å²) >= 11 is 0. The molecule has 0 aliphatic heterocycles. The molecule has 0 amide bonds. The summed E-state index contributed by atoms with van der Waals surface area (Å²) in [5.74, 6) is -7.68. The van der Waals surface area contributed by atoms with E-state index in [1.807, 2.05) is 0 Å². The molecule has 2 aromatic carbocycles. The van der Waals surface area contributed by atoms with E-state index in [2.05, 4.69) is 0 Å². The number of carbonyl (C=O) groups excluding carboxylic acids is 2. The van der Waals surface area contributed by atoms with Crippen LogP contribution in [0.25, 0.3) is 11.1 Å². The first-order valence-corrected chi connectivity index (χ1v) is 10.2. The van der Waals surface area contributed by atoms with E-state index in [0.29, 0.717) is 12.1 Å². The molecule has 0 N–H and O–H groups in total. The predicted molar refractivity (Wildman–Crippen MR) is 114 cm³/mol. The Kier molecular flexibility index (Phi) is 8.18. The summed E-state index contributed by atoms with van der Waals surface area (Å²) in [6.07, 6.45) is 0. The van der Waals surface area contributed by atoms with Crippen LogP contribution in [0.2, 0.25) is 0 Å². The Morgan fingerprint density at radius 1 is 0.647 bits per heavy atom. The number of ether oxygens (including phenoxy) is 4. The van der Waals surface area contributed by atoms with Gasteiger partial charge in [0, 0.05) is 23.3 Å². The van der Waals surface area contributed by atoms with Crippen LogP contribution in [0.3, 0.4) is 0 Å². The Bertz CT molecular complexity index is 985. The summed E-state index contributed by atoms with van der Waals surface area (Å²) in [5, 5.41) is 0. The van der Waals surface area contributed by atoms with Gasteiger partial charge >= 0.3 is 11.9 Å². The van der Waals surface area contributed by atoms with Gasteiger partial charge in [-0.25, -0.2) is 27.2 Å². The van der Waals surface area contributed by atoms with Crippen LogP contribution in [0, 0.1) is 23.3 Å². The minimum absolute atomic E-state index is 0.446. The van der Waals surface area contributed by atoms with Gasteiger partial charge in [0.15, 0.2) is 36.3 Å². The number of hydrogen-bond donors (Lipinski definition) is 0. The van der Waals surface area contributed by atoms with Crippen molar-refractivity contribution in [3.63, 3.8) is 0 Å². The maximum absolute atomic E-state index is 14.6. The molecule has 0 radical (unpaired) electrons. The van der Waals surface area contributed by atoms with Gasteiger partial charge in [-0.1, -0.05) is 0 Å². The van der Waals surface area contributed by atoms with Crippen LogP contribution in [0.1, 0.15) is 41.5 Å². The Morgan fingerprint density at radius 2 is 0.971 bits per heavy atom. The third-order valence-corrected chi connectivity index (χ3v) is 3.82. The van der Waals surface area contributed by atoms with E-state index in [4.69, 9.17) is 18.9 Å². The quantitative estimate of drug-likeness (QED) is 0.388. The van der Waals surface area contributed by atoms with E-state index in [9.17, 15) is 27.2 Å². The fourth-order valence-electron chi connectivity index (χ4n) is 2.82. The molecule has 0 aliphatic rings. The van der Waals surface area contributed by atoms with Crippen LogP contribution in [0.15, 0.2) is 24.3 Å². The van der Waals surface area contributed by atoms with Gasteiger partial charge in [0.25, 0.3) is 0 Å². The van der Waals surface area contributed by atoms with Crippen molar-refractivity contribution in [2.75, 3.05) is 13.2 Å². The average molecular weight is 486 g/mol. The number of halogens is 4. The van der Waals surface area contributed by atoms with Gasteiger partial charge in [-0.2, -0.15) is 0 Å². The molecule has 186 valence electrons. The Morgan fingerprint density at radius 3 is 1.26 bits per heavy atom. The number of esters is 2. The summed E-state index contributed by atoms with van der Waals surface area (Å²) in [6, 6.07) is 2.46. The Labute approximate surface area is 194 Å². The van der Waals surface area contributed by atoms with Gasteiger partial charge < -0.3 is 18.9 Å². The van der Waals surface area contributed by atoms with Gasteiger partial charge in [0.05, 0.1) is 0 Å². The zero-order valence-corrected chi connectivity index (χ0v) is 19.7. The molecule has 0 atom stereocenters. The van der Waals surface area contributed by atoms with E-state index in [1.54, 1.807) is 41.5 Å². The molecule has 34 heavy (non-hydrogen) atoms. The van der Waals surface area contributed by atoms with Crippen molar-refractivity contribution in [3.8, 4) is 22.6 Å². The molecule has 6 nitrogen and oxygen atoms in total. The van der Waals surface area contributed by atoms with E-state index in [-0.39, 0.29) is 0 Å². The lowest BCUT2D eigenvalue weighted by molar-refractivity contribution is -0.158. The van der Waals surface area contributed by atoms with Crippen LogP contribution in [-0.4, -0.2) is 36.4 Å². The van der Waals surface area contributed by atoms with E-state index in [1.165, 1.54) is 0 Å². The SMILES string of the molecule is CC(C)(C)OC(=O)COc1c(F)cc(F)cc1-c1cc(F)cc(F)c1OCC(=O)OC(C)(C)C. The molecule has 2 aromatic rings. The lowest BCUT2D eigenvalue weighted by Crippen LogP contribution is -2.27. The Hall–Kier alpha value is -3.30. The summed E-state index contributed by atoms with van der Waals surface area (Å²) in [7, 11) is 0. The largest absolute Gasteiger partial charge is 0.478 e. The normalized spacial score (nSPS) is 11.7. The molecule has 0 heterocycles. The molecular formula is C24H26F4O6. The second-order valence-electron chi connectivity index (χ2n) is 9.28. The fourth-order valence-corrected chi connectivity index (χ4v) is 2.82. The van der Waals surface area contributed by atoms with Crippen molar-refractivity contribution in [2.24, 2.45) is 0 Å². The van der Waals surface area contributed by atoms with Crippen molar-refractivity contribution < 1.29 is 46.1 Å². The third kappa shape index (κ3) is 7.93. The van der Waals surface area contributed by atoms with E-state index in [0.717, 1.165) is 12.1 Å². The first kappa shape index (κ1) is 26.9. The topological polar surface area (TPSA) is 71.1 Å². The van der Waals surface area contributed by atoms with Crippen molar-refractivity contribution in [1.82, 2.24) is 0 Å². The highest BCUT2D eigenvalue weighted by molar-refractivity contribution is 5.78. The van der Waals surface area contributed by atoms with Gasteiger partial charge in [-0.3, -0.25) is 0 Å². The summed E-state index contributed by atoms with van der Waals surface area (Å²) in [6.45, 7) is 8.13. The molecule has 10 heteroatoms. The highest BCUT2D eigenvalue weighted by Gasteiger charge is 2.25. The highest BCUT2D eigenvalue weighted by Crippen LogP contribution is 2.40. The second-order valence-corrected chi connectivity index (χ2v) is 9.28. The molecule has 0 aromatic heterocycles. The first-order chi connectivity index (χ1) is 15.6. The predicted octanol–water partition coefficient (Wildman–Crippen LogP) is 5.35. The van der Waals surface area contributed by atoms with Gasteiger partial charge in [-0.05, 0) is 53.7 Å². The zero-order valence-electron chi connectivity index (χ0n) is 19.7. The summed E-state index contributed by atoms with van der Waals surface area (Å²) in [5.41, 5.74) is -2.59. The van der Waals surface area contributed by atoms with E-state index >= 15 is 0 Å². The molecule has 0 saturated heterocycles. The molecule has 0 saturated carbocycles. The zero-order chi connectivity index (χ0) is 25.8. The number of carbonyl (C=O) groups is 2. The van der Waals surface area contributed by atoms with Crippen LogP contribution in [-0.2, 0) is 19.1 Å². The minimum atomic E-state index is -1.23. The standard InChI is InChI=1S/C24H26F4O6/c1-23(2,3)33-19(29)11-31-21-15(7-13(25)9-17(21)27)16-8-14(26)10-18(28)22(16)32-12-20(30)34-24(4,5)6/h7-10H,11-12H2,1-6H3. The van der Waals surface area contributed by atoms with Gasteiger partial charge in [0.2, 0.25) is 0 Å². The average Bonchev–Trinajstić information content (AvgIpc) is 2.62. The lowest BCUT2D eigenvalue weighted by atomic mass is 10.0. The Balaban J connectivity index is 2.46. The first-order valence-electron chi connectivity index (χ1n) is 10.2.